The van der Waals surface area contributed by atoms with Gasteiger partial charge in [0.15, 0.2) is 5.69 Å². The fraction of sp³-hybridized carbons (Fsp3) is 0.190. The maximum Gasteiger partial charge on any atom is 0.274 e. The van der Waals surface area contributed by atoms with Gasteiger partial charge in [-0.1, -0.05) is 24.3 Å². The van der Waals surface area contributed by atoms with E-state index in [1.165, 1.54) is 10.7 Å². The number of amides is 1. The van der Waals surface area contributed by atoms with Gasteiger partial charge in [0.05, 0.1) is 16.3 Å². The summed E-state index contributed by atoms with van der Waals surface area (Å²) in [6.45, 7) is 0.673. The molecule has 0 radical (unpaired) electrons. The molecule has 4 aromatic rings. The minimum absolute atomic E-state index is 0.0384. The molecule has 5 rings (SSSR count). The predicted molar refractivity (Wildman–Crippen MR) is 106 cm³/mol. The molecular formula is C21H17FN4OS. The summed E-state index contributed by atoms with van der Waals surface area (Å²) in [6.07, 6.45) is 3.44. The molecule has 2 aromatic heterocycles. The average Bonchev–Trinajstić information content (AvgIpc) is 3.45. The Kier molecular flexibility index (Phi) is 4.16. The van der Waals surface area contributed by atoms with Gasteiger partial charge in [-0.3, -0.25) is 4.79 Å². The highest BCUT2D eigenvalue weighted by atomic mass is 32.1. The minimum atomic E-state index is -0.377. The van der Waals surface area contributed by atoms with Crippen molar-refractivity contribution in [3.05, 3.63) is 77.3 Å². The van der Waals surface area contributed by atoms with E-state index < -0.39 is 0 Å². The molecule has 1 saturated heterocycles. The zero-order valence-electron chi connectivity index (χ0n) is 15.0. The van der Waals surface area contributed by atoms with Crippen LogP contribution >= 0.6 is 11.3 Å². The quantitative estimate of drug-likeness (QED) is 0.512. The van der Waals surface area contributed by atoms with Crippen molar-refractivity contribution < 1.29 is 9.18 Å². The van der Waals surface area contributed by atoms with Crippen molar-refractivity contribution in [1.82, 2.24) is 19.7 Å². The van der Waals surface area contributed by atoms with E-state index in [1.54, 1.807) is 41.8 Å². The van der Waals surface area contributed by atoms with E-state index in [1.807, 2.05) is 29.2 Å². The first-order valence-electron chi connectivity index (χ1n) is 9.18. The summed E-state index contributed by atoms with van der Waals surface area (Å²) >= 11 is 1.63. The highest BCUT2D eigenvalue weighted by Crippen LogP contribution is 2.37. The topological polar surface area (TPSA) is 51.0 Å². The maximum atomic E-state index is 14.0. The molecule has 5 nitrogen and oxygen atoms in total. The molecule has 0 N–H and O–H groups in total. The van der Waals surface area contributed by atoms with Gasteiger partial charge in [-0.25, -0.2) is 14.1 Å². The second-order valence-corrected chi connectivity index (χ2v) is 7.84. The van der Waals surface area contributed by atoms with Crippen LogP contribution in [0.25, 0.3) is 15.9 Å². The fourth-order valence-electron chi connectivity index (χ4n) is 3.66. The number of halogens is 1. The molecule has 140 valence electrons. The van der Waals surface area contributed by atoms with Gasteiger partial charge >= 0.3 is 0 Å². The number of benzene rings is 2. The smallest absolute Gasteiger partial charge is 0.274 e. The second-order valence-electron chi connectivity index (χ2n) is 6.77. The number of hydrogen-bond donors (Lipinski definition) is 0. The Morgan fingerprint density at radius 1 is 1.11 bits per heavy atom. The molecule has 1 aliphatic rings. The number of nitrogens with zero attached hydrogens (tertiary/aromatic N) is 4. The third kappa shape index (κ3) is 2.88. The Labute approximate surface area is 165 Å². The number of fused-ring (bicyclic) bond motifs is 1. The Balaban J connectivity index is 1.44. The first-order chi connectivity index (χ1) is 13.7. The van der Waals surface area contributed by atoms with E-state index in [-0.39, 0.29) is 17.8 Å². The molecule has 1 amide bonds. The van der Waals surface area contributed by atoms with Crippen LogP contribution in [0.3, 0.4) is 0 Å². The van der Waals surface area contributed by atoms with Crippen molar-refractivity contribution in [2.75, 3.05) is 6.54 Å². The number of likely N-dealkylation sites (tertiary alicyclic amines) is 1. The van der Waals surface area contributed by atoms with Crippen molar-refractivity contribution in [2.24, 2.45) is 0 Å². The maximum absolute atomic E-state index is 14.0. The molecule has 0 saturated carbocycles. The van der Waals surface area contributed by atoms with Gasteiger partial charge in [0.1, 0.15) is 16.5 Å². The number of hydrogen-bond acceptors (Lipinski definition) is 4. The fourth-order valence-corrected chi connectivity index (χ4v) is 4.77. The number of rotatable bonds is 3. The lowest BCUT2D eigenvalue weighted by Crippen LogP contribution is -2.31. The summed E-state index contributed by atoms with van der Waals surface area (Å²) in [5.41, 5.74) is 1.60. The number of carbonyl (C=O) groups is 1. The van der Waals surface area contributed by atoms with Crippen LogP contribution in [0.1, 0.15) is 34.4 Å². The van der Waals surface area contributed by atoms with E-state index in [0.717, 1.165) is 28.1 Å². The van der Waals surface area contributed by atoms with Gasteiger partial charge in [0.2, 0.25) is 0 Å². The molecule has 7 heteroatoms. The van der Waals surface area contributed by atoms with Crippen LogP contribution in [0.5, 0.6) is 0 Å². The van der Waals surface area contributed by atoms with Crippen LogP contribution in [0.15, 0.2) is 60.8 Å². The number of thiazole rings is 1. The Hall–Kier alpha value is -3.06. The van der Waals surface area contributed by atoms with Crippen molar-refractivity contribution in [3.63, 3.8) is 0 Å². The molecule has 1 unspecified atom stereocenters. The lowest BCUT2D eigenvalue weighted by Gasteiger charge is -2.22. The van der Waals surface area contributed by atoms with Crippen molar-refractivity contribution in [1.29, 1.82) is 0 Å². The van der Waals surface area contributed by atoms with Gasteiger partial charge in [0.25, 0.3) is 5.91 Å². The minimum Gasteiger partial charge on any atom is -0.328 e. The summed E-state index contributed by atoms with van der Waals surface area (Å²) in [5.74, 6) is -0.519. The van der Waals surface area contributed by atoms with Crippen LogP contribution in [0.4, 0.5) is 4.39 Å². The number of para-hydroxylation sites is 2. The van der Waals surface area contributed by atoms with E-state index in [0.29, 0.717) is 17.9 Å². The summed E-state index contributed by atoms with van der Waals surface area (Å²) in [4.78, 5) is 19.7. The van der Waals surface area contributed by atoms with Gasteiger partial charge in [-0.15, -0.1) is 11.3 Å². The predicted octanol–water partition coefficient (Wildman–Crippen LogP) is 4.60. The van der Waals surface area contributed by atoms with Gasteiger partial charge in [-0.05, 0) is 43.2 Å². The zero-order valence-corrected chi connectivity index (χ0v) is 15.8. The largest absolute Gasteiger partial charge is 0.328 e. The molecule has 0 bridgehead atoms. The Morgan fingerprint density at radius 2 is 1.93 bits per heavy atom. The van der Waals surface area contributed by atoms with Crippen LogP contribution < -0.4 is 0 Å². The molecule has 1 aliphatic heterocycles. The van der Waals surface area contributed by atoms with Crippen LogP contribution in [0, 0.1) is 5.82 Å². The highest BCUT2D eigenvalue weighted by molar-refractivity contribution is 7.18. The van der Waals surface area contributed by atoms with E-state index in [2.05, 4.69) is 5.10 Å². The van der Waals surface area contributed by atoms with Crippen molar-refractivity contribution in [3.8, 4) is 5.69 Å². The van der Waals surface area contributed by atoms with Gasteiger partial charge in [-0.2, -0.15) is 5.10 Å². The lowest BCUT2D eigenvalue weighted by atomic mass is 10.2. The molecule has 28 heavy (non-hydrogen) atoms. The zero-order chi connectivity index (χ0) is 19.1. The average molecular weight is 392 g/mol. The van der Waals surface area contributed by atoms with Crippen LogP contribution in [-0.2, 0) is 0 Å². The van der Waals surface area contributed by atoms with Crippen molar-refractivity contribution in [2.45, 2.75) is 18.9 Å². The molecule has 1 fully saturated rings. The Morgan fingerprint density at radius 3 is 2.79 bits per heavy atom. The summed E-state index contributed by atoms with van der Waals surface area (Å²) < 4.78 is 16.5. The first kappa shape index (κ1) is 17.1. The van der Waals surface area contributed by atoms with E-state index in [9.17, 15) is 9.18 Å². The molecular weight excluding hydrogens is 375 g/mol. The van der Waals surface area contributed by atoms with E-state index >= 15 is 0 Å². The van der Waals surface area contributed by atoms with Gasteiger partial charge < -0.3 is 4.90 Å². The summed E-state index contributed by atoms with van der Waals surface area (Å²) in [7, 11) is 0. The van der Waals surface area contributed by atoms with Crippen LogP contribution in [-0.4, -0.2) is 32.1 Å². The van der Waals surface area contributed by atoms with Crippen LogP contribution in [0.2, 0.25) is 0 Å². The lowest BCUT2D eigenvalue weighted by molar-refractivity contribution is 0.0729. The second kappa shape index (κ2) is 6.83. The van der Waals surface area contributed by atoms with E-state index in [4.69, 9.17) is 4.98 Å². The number of aromatic nitrogens is 3. The standard InChI is InChI=1S/C21H17FN4OS/c22-14-6-1-3-8-17(14)26-13-11-16(24-26)21(27)25-12-5-9-18(25)20-23-15-7-2-4-10-19(15)28-20/h1-4,6-8,10-11,13,18H,5,9,12H2. The SMILES string of the molecule is O=C(c1ccn(-c2ccccc2F)n1)N1CCCC1c1nc2ccccc2s1. The highest BCUT2D eigenvalue weighted by Gasteiger charge is 2.33. The van der Waals surface area contributed by atoms with Crippen molar-refractivity contribution >= 4 is 27.5 Å². The third-order valence-corrected chi connectivity index (χ3v) is 6.15. The normalized spacial score (nSPS) is 16.8. The van der Waals surface area contributed by atoms with Gasteiger partial charge in [0, 0.05) is 12.7 Å². The Bertz CT molecular complexity index is 1130. The molecule has 0 spiro atoms. The monoisotopic (exact) mass is 392 g/mol. The summed E-state index contributed by atoms with van der Waals surface area (Å²) in [5, 5.41) is 5.28. The number of carbonyl (C=O) groups excluding carboxylic acids is 1. The third-order valence-electron chi connectivity index (χ3n) is 5.02. The first-order valence-corrected chi connectivity index (χ1v) is 9.99. The molecule has 2 aromatic carbocycles. The summed E-state index contributed by atoms with van der Waals surface area (Å²) in [6, 6.07) is 16.0. The molecule has 1 atom stereocenters. The molecule has 0 aliphatic carbocycles. The molecule has 3 heterocycles.